The molecule has 3 unspecified atom stereocenters. The predicted octanol–water partition coefficient (Wildman–Crippen LogP) is 3.86. The zero-order chi connectivity index (χ0) is 16.8. The minimum Gasteiger partial charge on any atom is -0.462 e. The molecular weight excluding hydrogens is 290 g/mol. The molecule has 4 nitrogen and oxygen atoms in total. The molecule has 0 aromatic heterocycles. The Morgan fingerprint density at radius 2 is 1.78 bits per heavy atom. The first-order valence-electron chi connectivity index (χ1n) is 8.24. The van der Waals surface area contributed by atoms with Gasteiger partial charge in [-0.2, -0.15) is 0 Å². The molecule has 1 amide bonds. The number of rotatable bonds is 5. The van der Waals surface area contributed by atoms with Crippen LogP contribution in [0.2, 0.25) is 0 Å². The van der Waals surface area contributed by atoms with Gasteiger partial charge in [-0.25, -0.2) is 0 Å². The number of esters is 1. The van der Waals surface area contributed by atoms with Crippen molar-refractivity contribution in [3.05, 3.63) is 42.0 Å². The van der Waals surface area contributed by atoms with Crippen LogP contribution in [0.1, 0.15) is 38.7 Å². The molecule has 0 saturated heterocycles. The molecule has 1 aliphatic carbocycles. The van der Waals surface area contributed by atoms with Crippen LogP contribution in [0.4, 0.5) is 5.69 Å². The van der Waals surface area contributed by atoms with E-state index in [1.807, 2.05) is 57.2 Å². The maximum atomic E-state index is 12.6. The number of hydrogen-bond acceptors (Lipinski definition) is 3. The van der Waals surface area contributed by atoms with Crippen molar-refractivity contribution in [3.63, 3.8) is 0 Å². The Hall–Kier alpha value is -2.10. The number of benzene rings is 1. The third-order valence-electron chi connectivity index (χ3n) is 4.28. The van der Waals surface area contributed by atoms with Crippen molar-refractivity contribution in [1.82, 2.24) is 0 Å². The molecule has 3 atom stereocenters. The van der Waals surface area contributed by atoms with E-state index in [0.29, 0.717) is 12.8 Å². The third-order valence-corrected chi connectivity index (χ3v) is 4.28. The van der Waals surface area contributed by atoms with Crippen LogP contribution in [-0.4, -0.2) is 18.0 Å². The van der Waals surface area contributed by atoms with E-state index in [4.69, 9.17) is 4.74 Å². The maximum Gasteiger partial charge on any atom is 0.310 e. The SMILES string of the molecule is CCC(C)OC(=O)C1CC=CCC1C(=O)Nc1ccc(C)cc1. The largest absolute Gasteiger partial charge is 0.462 e. The lowest BCUT2D eigenvalue weighted by molar-refractivity contribution is -0.157. The summed E-state index contributed by atoms with van der Waals surface area (Å²) in [6.07, 6.45) is 5.70. The number of ether oxygens (including phenoxy) is 1. The van der Waals surface area contributed by atoms with Crippen LogP contribution in [0, 0.1) is 18.8 Å². The topological polar surface area (TPSA) is 55.4 Å². The number of aryl methyl sites for hydroxylation is 1. The standard InChI is InChI=1S/C19H25NO3/c1-4-14(3)23-19(22)17-8-6-5-7-16(17)18(21)20-15-11-9-13(2)10-12-15/h5-6,9-12,14,16-17H,4,7-8H2,1-3H3,(H,20,21). The molecule has 2 rings (SSSR count). The smallest absolute Gasteiger partial charge is 0.310 e. The normalized spacial score (nSPS) is 21.5. The summed E-state index contributed by atoms with van der Waals surface area (Å²) >= 11 is 0. The lowest BCUT2D eigenvalue weighted by Crippen LogP contribution is -2.36. The molecular formula is C19H25NO3. The Labute approximate surface area is 137 Å². The van der Waals surface area contributed by atoms with Gasteiger partial charge in [0, 0.05) is 5.69 Å². The maximum absolute atomic E-state index is 12.6. The van der Waals surface area contributed by atoms with Gasteiger partial charge in [0.2, 0.25) is 5.91 Å². The Morgan fingerprint density at radius 1 is 1.17 bits per heavy atom. The molecule has 0 heterocycles. The average Bonchev–Trinajstić information content (AvgIpc) is 2.56. The summed E-state index contributed by atoms with van der Waals surface area (Å²) in [4.78, 5) is 24.9. The second-order valence-corrected chi connectivity index (χ2v) is 6.17. The van der Waals surface area contributed by atoms with E-state index >= 15 is 0 Å². The van der Waals surface area contributed by atoms with Gasteiger partial charge < -0.3 is 10.1 Å². The van der Waals surface area contributed by atoms with Gasteiger partial charge in [-0.15, -0.1) is 0 Å². The first-order chi connectivity index (χ1) is 11.0. The Balaban J connectivity index is 2.05. The minimum atomic E-state index is -0.403. The molecule has 0 aliphatic heterocycles. The summed E-state index contributed by atoms with van der Waals surface area (Å²) in [5.74, 6) is -1.17. The Kier molecular flexibility index (Phi) is 5.97. The van der Waals surface area contributed by atoms with E-state index < -0.39 is 5.92 Å². The lowest BCUT2D eigenvalue weighted by Gasteiger charge is -2.27. The van der Waals surface area contributed by atoms with Gasteiger partial charge in [-0.1, -0.05) is 36.8 Å². The molecule has 1 N–H and O–H groups in total. The highest BCUT2D eigenvalue weighted by atomic mass is 16.5. The molecule has 0 spiro atoms. The highest BCUT2D eigenvalue weighted by Gasteiger charge is 2.35. The van der Waals surface area contributed by atoms with E-state index in [1.54, 1.807) is 0 Å². The molecule has 1 aliphatic rings. The minimum absolute atomic E-state index is 0.116. The summed E-state index contributed by atoms with van der Waals surface area (Å²) in [7, 11) is 0. The van der Waals surface area contributed by atoms with E-state index in [0.717, 1.165) is 17.7 Å². The Morgan fingerprint density at radius 3 is 2.39 bits per heavy atom. The van der Waals surface area contributed by atoms with E-state index in [2.05, 4.69) is 5.32 Å². The number of carbonyl (C=O) groups is 2. The van der Waals surface area contributed by atoms with Crippen molar-refractivity contribution >= 4 is 17.6 Å². The number of allylic oxidation sites excluding steroid dienone is 2. The van der Waals surface area contributed by atoms with Gasteiger partial charge >= 0.3 is 5.97 Å². The molecule has 1 aromatic carbocycles. The second-order valence-electron chi connectivity index (χ2n) is 6.17. The van der Waals surface area contributed by atoms with Crippen molar-refractivity contribution in [3.8, 4) is 0 Å². The second kappa shape index (κ2) is 7.95. The number of amides is 1. The zero-order valence-electron chi connectivity index (χ0n) is 14.0. The molecule has 4 heteroatoms. The summed E-state index contributed by atoms with van der Waals surface area (Å²) in [6, 6.07) is 7.65. The van der Waals surface area contributed by atoms with Gasteiger partial charge in [-0.3, -0.25) is 9.59 Å². The molecule has 1 aromatic rings. The highest BCUT2D eigenvalue weighted by molar-refractivity contribution is 5.95. The third kappa shape index (κ3) is 4.68. The van der Waals surface area contributed by atoms with E-state index in [-0.39, 0.29) is 23.9 Å². The van der Waals surface area contributed by atoms with Crippen LogP contribution < -0.4 is 5.32 Å². The fourth-order valence-corrected chi connectivity index (χ4v) is 2.61. The quantitative estimate of drug-likeness (QED) is 0.663. The highest BCUT2D eigenvalue weighted by Crippen LogP contribution is 2.28. The lowest BCUT2D eigenvalue weighted by atomic mass is 9.82. The van der Waals surface area contributed by atoms with Crippen LogP contribution in [-0.2, 0) is 14.3 Å². The van der Waals surface area contributed by atoms with Crippen molar-refractivity contribution in [2.75, 3.05) is 5.32 Å². The zero-order valence-corrected chi connectivity index (χ0v) is 14.0. The van der Waals surface area contributed by atoms with Crippen LogP contribution >= 0.6 is 0 Å². The molecule has 23 heavy (non-hydrogen) atoms. The van der Waals surface area contributed by atoms with E-state index in [1.165, 1.54) is 0 Å². The molecule has 0 radical (unpaired) electrons. The van der Waals surface area contributed by atoms with Gasteiger partial charge in [0.25, 0.3) is 0 Å². The first-order valence-corrected chi connectivity index (χ1v) is 8.24. The predicted molar refractivity (Wildman–Crippen MR) is 91.0 cm³/mol. The van der Waals surface area contributed by atoms with Crippen molar-refractivity contribution in [2.45, 2.75) is 46.1 Å². The molecule has 0 bridgehead atoms. The number of nitrogens with one attached hydrogen (secondary N) is 1. The number of carbonyl (C=O) groups excluding carboxylic acids is 2. The number of hydrogen-bond donors (Lipinski definition) is 1. The van der Waals surface area contributed by atoms with Gasteiger partial charge in [-0.05, 0) is 45.2 Å². The van der Waals surface area contributed by atoms with Crippen molar-refractivity contribution in [1.29, 1.82) is 0 Å². The van der Waals surface area contributed by atoms with Gasteiger partial charge in [0.15, 0.2) is 0 Å². The average molecular weight is 315 g/mol. The van der Waals surface area contributed by atoms with Crippen LogP contribution in [0.3, 0.4) is 0 Å². The van der Waals surface area contributed by atoms with Crippen LogP contribution in [0.5, 0.6) is 0 Å². The first kappa shape index (κ1) is 17.3. The van der Waals surface area contributed by atoms with Gasteiger partial charge in [0.1, 0.15) is 0 Å². The molecule has 0 saturated carbocycles. The summed E-state index contributed by atoms with van der Waals surface area (Å²) < 4.78 is 5.43. The Bertz CT molecular complexity index is 577. The van der Waals surface area contributed by atoms with Crippen molar-refractivity contribution < 1.29 is 14.3 Å². The molecule has 0 fully saturated rings. The molecule has 124 valence electrons. The van der Waals surface area contributed by atoms with Crippen LogP contribution in [0.25, 0.3) is 0 Å². The van der Waals surface area contributed by atoms with Gasteiger partial charge in [0.05, 0.1) is 17.9 Å². The summed E-state index contributed by atoms with van der Waals surface area (Å²) in [5.41, 5.74) is 1.89. The summed E-state index contributed by atoms with van der Waals surface area (Å²) in [5, 5.41) is 2.91. The van der Waals surface area contributed by atoms with E-state index in [9.17, 15) is 9.59 Å². The van der Waals surface area contributed by atoms with Crippen molar-refractivity contribution in [2.24, 2.45) is 11.8 Å². The fraction of sp³-hybridized carbons (Fsp3) is 0.474. The van der Waals surface area contributed by atoms with Crippen LogP contribution in [0.15, 0.2) is 36.4 Å². The fourth-order valence-electron chi connectivity index (χ4n) is 2.61. The summed E-state index contributed by atoms with van der Waals surface area (Å²) in [6.45, 7) is 5.84. The number of anilines is 1. The monoisotopic (exact) mass is 315 g/mol.